The van der Waals surface area contributed by atoms with Crippen molar-refractivity contribution in [2.45, 2.75) is 67.3 Å². The number of ketones is 1. The van der Waals surface area contributed by atoms with Crippen LogP contribution in [0.1, 0.15) is 76.4 Å². The number of aryl methyl sites for hydroxylation is 1. The standard InChI is InChI=1S/C10H16N2O2.C8H15NO3.C3H7NO.2ClH/c1-5-14-10(13)9-8(6(2)3)11-7(4)12-9;1-4-12-8(11)6(9)7(10)5(2)3;1-3(4)5-2;;/h6H,5H2,1-4H3,(H,11,12);5-6H,4,9H2,1-3H3;4H,1-2H3;2*1H. The zero-order chi connectivity index (χ0) is 24.7. The molecule has 0 fully saturated rings. The molecule has 10 nitrogen and oxygen atoms in total. The number of halogens is 2. The molecule has 1 atom stereocenters. The number of carbonyl (C=O) groups excluding carboxylic acids is 3. The van der Waals surface area contributed by atoms with Crippen molar-refractivity contribution >= 4 is 48.4 Å². The minimum Gasteiger partial charge on any atom is -0.485 e. The molecule has 1 heterocycles. The lowest BCUT2D eigenvalue weighted by Gasteiger charge is -2.11. The lowest BCUT2D eigenvalue weighted by Crippen LogP contribution is -2.42. The number of rotatable bonds is 7. The number of nitrogens with one attached hydrogen (secondary N) is 2. The Hall–Kier alpha value is -2.17. The Labute approximate surface area is 209 Å². The second-order valence-corrected chi connectivity index (χ2v) is 7.01. The highest BCUT2D eigenvalue weighted by Crippen LogP contribution is 2.17. The first kappa shape index (κ1) is 38.1. The summed E-state index contributed by atoms with van der Waals surface area (Å²) in [5.41, 5.74) is 6.59. The van der Waals surface area contributed by atoms with E-state index in [-0.39, 0.29) is 60.9 Å². The summed E-state index contributed by atoms with van der Waals surface area (Å²) in [5, 5.41) is 6.52. The number of esters is 2. The number of H-pyrrole nitrogens is 1. The number of hydrogen-bond donors (Lipinski definition) is 3. The third kappa shape index (κ3) is 16.1. The number of methoxy groups -OCH3 is 1. The van der Waals surface area contributed by atoms with Crippen LogP contribution in [-0.4, -0.2) is 60.0 Å². The fraction of sp³-hybridized carbons (Fsp3) is 0.667. The van der Waals surface area contributed by atoms with Crippen LogP contribution in [0.2, 0.25) is 0 Å². The molecule has 0 radical (unpaired) electrons. The van der Waals surface area contributed by atoms with Gasteiger partial charge in [0.05, 0.1) is 26.0 Å². The average Bonchev–Trinajstić information content (AvgIpc) is 3.10. The van der Waals surface area contributed by atoms with E-state index in [9.17, 15) is 14.4 Å². The number of aromatic amines is 1. The highest BCUT2D eigenvalue weighted by atomic mass is 35.5. The maximum atomic E-state index is 11.5. The SMILES string of the molecule is CCOC(=O)C(N)C(=O)C(C)C.CCOC(=O)c1nc(C)[nH]c1C(C)C.COC(C)=N.Cl.Cl. The molecule has 194 valence electrons. The molecule has 1 aromatic heterocycles. The van der Waals surface area contributed by atoms with Crippen molar-refractivity contribution in [3.8, 4) is 0 Å². The molecule has 0 saturated heterocycles. The summed E-state index contributed by atoms with van der Waals surface area (Å²) in [6.07, 6.45) is 0. The fourth-order valence-corrected chi connectivity index (χ4v) is 1.99. The van der Waals surface area contributed by atoms with Crippen LogP contribution in [0.5, 0.6) is 0 Å². The number of ether oxygens (including phenoxy) is 3. The fourth-order valence-electron chi connectivity index (χ4n) is 1.99. The van der Waals surface area contributed by atoms with Gasteiger partial charge in [0.15, 0.2) is 23.4 Å². The van der Waals surface area contributed by atoms with E-state index in [0.29, 0.717) is 12.3 Å². The van der Waals surface area contributed by atoms with Crippen molar-refractivity contribution in [3.63, 3.8) is 0 Å². The van der Waals surface area contributed by atoms with Gasteiger partial charge in [-0.3, -0.25) is 10.2 Å². The Balaban J connectivity index is -0.000000204. The molecular formula is C21H40Cl2N4O6. The number of hydrogen-bond acceptors (Lipinski definition) is 9. The number of carbonyl (C=O) groups is 3. The number of Topliss-reactive ketones (excluding diaryl/α,β-unsaturated/α-hetero) is 1. The van der Waals surface area contributed by atoms with E-state index in [1.165, 1.54) is 7.11 Å². The molecule has 0 bridgehead atoms. The summed E-state index contributed by atoms with van der Waals surface area (Å²) in [6, 6.07) is -1.12. The first-order valence-electron chi connectivity index (χ1n) is 10.1. The van der Waals surface area contributed by atoms with Crippen molar-refractivity contribution in [1.82, 2.24) is 9.97 Å². The zero-order valence-corrected chi connectivity index (χ0v) is 22.6. The zero-order valence-electron chi connectivity index (χ0n) is 20.9. The summed E-state index contributed by atoms with van der Waals surface area (Å²) < 4.78 is 13.8. The van der Waals surface area contributed by atoms with Gasteiger partial charge in [-0.15, -0.1) is 24.8 Å². The quantitative estimate of drug-likeness (QED) is 0.215. The normalized spacial score (nSPS) is 10.2. The van der Waals surface area contributed by atoms with Crippen LogP contribution in [-0.2, 0) is 23.8 Å². The maximum Gasteiger partial charge on any atom is 0.358 e. The second-order valence-electron chi connectivity index (χ2n) is 7.01. The first-order valence-corrected chi connectivity index (χ1v) is 10.1. The average molecular weight is 515 g/mol. The van der Waals surface area contributed by atoms with Crippen LogP contribution in [0, 0.1) is 18.3 Å². The highest BCUT2D eigenvalue weighted by Gasteiger charge is 2.25. The molecule has 0 aliphatic heterocycles. The Bertz CT molecular complexity index is 724. The van der Waals surface area contributed by atoms with Gasteiger partial charge < -0.3 is 24.9 Å². The molecule has 0 aromatic carbocycles. The van der Waals surface area contributed by atoms with E-state index in [1.54, 1.807) is 34.6 Å². The lowest BCUT2D eigenvalue weighted by molar-refractivity contribution is -0.148. The monoisotopic (exact) mass is 514 g/mol. The van der Waals surface area contributed by atoms with Crippen LogP contribution >= 0.6 is 24.8 Å². The molecule has 1 rings (SSSR count). The van der Waals surface area contributed by atoms with Gasteiger partial charge >= 0.3 is 11.9 Å². The van der Waals surface area contributed by atoms with Crippen LogP contribution < -0.4 is 5.73 Å². The highest BCUT2D eigenvalue weighted by molar-refractivity contribution is 6.03. The lowest BCUT2D eigenvalue weighted by atomic mass is 10.0. The number of nitrogens with zero attached hydrogens (tertiary/aromatic N) is 1. The summed E-state index contributed by atoms with van der Waals surface area (Å²) in [7, 11) is 1.47. The van der Waals surface area contributed by atoms with Gasteiger partial charge in [-0.05, 0) is 26.7 Å². The summed E-state index contributed by atoms with van der Waals surface area (Å²) >= 11 is 0. The van der Waals surface area contributed by atoms with E-state index < -0.39 is 12.0 Å². The topological polar surface area (TPSA) is 157 Å². The van der Waals surface area contributed by atoms with Gasteiger partial charge in [-0.25, -0.2) is 14.6 Å². The van der Waals surface area contributed by atoms with E-state index >= 15 is 0 Å². The molecule has 0 aliphatic carbocycles. The minimum atomic E-state index is -1.12. The van der Waals surface area contributed by atoms with Crippen LogP contribution in [0.25, 0.3) is 0 Å². The van der Waals surface area contributed by atoms with Crippen molar-refractivity contribution < 1.29 is 28.6 Å². The summed E-state index contributed by atoms with van der Waals surface area (Å²) in [6.45, 7) is 14.9. The van der Waals surface area contributed by atoms with Crippen molar-refractivity contribution in [2.24, 2.45) is 11.7 Å². The largest absolute Gasteiger partial charge is 0.485 e. The van der Waals surface area contributed by atoms with Gasteiger partial charge in [0.1, 0.15) is 5.82 Å². The van der Waals surface area contributed by atoms with Crippen LogP contribution in [0.15, 0.2) is 0 Å². The molecular weight excluding hydrogens is 475 g/mol. The summed E-state index contributed by atoms with van der Waals surface area (Å²) in [5.74, 6) is -0.257. The molecule has 4 N–H and O–H groups in total. The van der Waals surface area contributed by atoms with Gasteiger partial charge in [0.2, 0.25) is 0 Å². The van der Waals surface area contributed by atoms with Gasteiger partial charge in [0, 0.05) is 12.8 Å². The summed E-state index contributed by atoms with van der Waals surface area (Å²) in [4.78, 5) is 40.7. The number of imidazole rings is 1. The molecule has 33 heavy (non-hydrogen) atoms. The molecule has 1 unspecified atom stereocenters. The predicted molar refractivity (Wildman–Crippen MR) is 133 cm³/mol. The van der Waals surface area contributed by atoms with Crippen molar-refractivity contribution in [3.05, 3.63) is 17.2 Å². The smallest absolute Gasteiger partial charge is 0.358 e. The number of aromatic nitrogens is 2. The first-order chi connectivity index (χ1) is 14.3. The van der Waals surface area contributed by atoms with E-state index in [1.807, 2.05) is 20.8 Å². The Morgan fingerprint density at radius 2 is 1.52 bits per heavy atom. The predicted octanol–water partition coefficient (Wildman–Crippen LogP) is 3.59. The van der Waals surface area contributed by atoms with Crippen molar-refractivity contribution in [1.29, 1.82) is 5.41 Å². The van der Waals surface area contributed by atoms with Gasteiger partial charge in [0.25, 0.3) is 0 Å². The Morgan fingerprint density at radius 1 is 1.06 bits per heavy atom. The van der Waals surface area contributed by atoms with E-state index in [4.69, 9.17) is 15.9 Å². The molecule has 0 aliphatic rings. The Morgan fingerprint density at radius 3 is 1.85 bits per heavy atom. The third-order valence-electron chi connectivity index (χ3n) is 3.62. The van der Waals surface area contributed by atoms with Crippen LogP contribution in [0.3, 0.4) is 0 Å². The maximum absolute atomic E-state index is 11.5. The molecule has 0 amide bonds. The second kappa shape index (κ2) is 20.4. The molecule has 0 saturated carbocycles. The third-order valence-corrected chi connectivity index (χ3v) is 3.62. The molecule has 1 aromatic rings. The van der Waals surface area contributed by atoms with E-state index in [0.717, 1.165) is 11.5 Å². The van der Waals surface area contributed by atoms with Gasteiger partial charge in [-0.1, -0.05) is 27.7 Å². The molecule has 0 spiro atoms. The van der Waals surface area contributed by atoms with E-state index in [2.05, 4.69) is 19.4 Å². The molecule has 12 heteroatoms. The Kier molecular flexibility index (Phi) is 23.6. The van der Waals surface area contributed by atoms with Crippen LogP contribution in [0.4, 0.5) is 0 Å². The van der Waals surface area contributed by atoms with Gasteiger partial charge in [-0.2, -0.15) is 0 Å². The minimum absolute atomic E-state index is 0. The van der Waals surface area contributed by atoms with Crippen molar-refractivity contribution in [2.75, 3.05) is 20.3 Å². The number of nitrogens with two attached hydrogens (primary N) is 1.